The Hall–Kier alpha value is -1.39. The molecule has 0 spiro atoms. The van der Waals surface area contributed by atoms with Crippen LogP contribution in [0.4, 0.5) is 0 Å². The molecule has 4 heteroatoms. The molecule has 20 heavy (non-hydrogen) atoms. The first kappa shape index (κ1) is 15.0. The molecule has 1 aromatic rings. The quantitative estimate of drug-likeness (QED) is 0.862. The van der Waals surface area contributed by atoms with Crippen LogP contribution in [0.25, 0.3) is 0 Å². The average Bonchev–Trinajstić information content (AvgIpc) is 2.88. The topological polar surface area (TPSA) is 50.4 Å². The predicted octanol–water partition coefficient (Wildman–Crippen LogP) is 1.80. The highest BCUT2D eigenvalue weighted by atomic mass is 16.5. The van der Waals surface area contributed by atoms with Crippen LogP contribution in [-0.4, -0.2) is 31.7 Å². The summed E-state index contributed by atoms with van der Waals surface area (Å²) in [4.78, 5) is 12.4. The van der Waals surface area contributed by atoms with Crippen molar-refractivity contribution < 1.29 is 9.53 Å². The first-order valence-electron chi connectivity index (χ1n) is 7.30. The van der Waals surface area contributed by atoms with E-state index in [0.717, 1.165) is 12.1 Å². The Labute approximate surface area is 120 Å². The van der Waals surface area contributed by atoms with E-state index in [4.69, 9.17) is 4.74 Å². The molecule has 1 amide bonds. The van der Waals surface area contributed by atoms with Gasteiger partial charge in [0.15, 0.2) is 0 Å². The molecule has 0 bridgehead atoms. The molecule has 1 heterocycles. The van der Waals surface area contributed by atoms with Crippen LogP contribution in [0.2, 0.25) is 0 Å². The lowest BCUT2D eigenvalue weighted by molar-refractivity contribution is -0.126. The molecular weight excluding hydrogens is 252 g/mol. The molecule has 0 aromatic heterocycles. The van der Waals surface area contributed by atoms with Crippen LogP contribution in [-0.2, 0) is 9.53 Å². The van der Waals surface area contributed by atoms with E-state index < -0.39 is 0 Å². The molecule has 0 aliphatic carbocycles. The van der Waals surface area contributed by atoms with Crippen LogP contribution in [0.15, 0.2) is 24.3 Å². The Kier molecular flexibility index (Phi) is 5.15. The van der Waals surface area contributed by atoms with Crippen LogP contribution in [0.1, 0.15) is 31.0 Å². The van der Waals surface area contributed by atoms with Gasteiger partial charge in [0.2, 0.25) is 5.91 Å². The van der Waals surface area contributed by atoms with Gasteiger partial charge in [-0.3, -0.25) is 4.79 Å². The summed E-state index contributed by atoms with van der Waals surface area (Å²) in [5.41, 5.74) is 2.35. The number of carbonyl (C=O) groups is 1. The van der Waals surface area contributed by atoms with Gasteiger partial charge in [-0.15, -0.1) is 0 Å². The van der Waals surface area contributed by atoms with Gasteiger partial charge in [-0.25, -0.2) is 0 Å². The molecule has 110 valence electrons. The number of aryl methyl sites for hydroxylation is 1. The standard InChI is InChI=1S/C16H24N2O2/c1-4-17-15-10-20-9-14(15)16(19)18-12(3)13-7-5-11(2)6-8-13/h5-8,12,14-15,17H,4,9-10H2,1-3H3,(H,18,19)/t12-,14?,15?/m1/s1. The number of nitrogens with one attached hydrogen (secondary N) is 2. The van der Waals surface area contributed by atoms with Crippen molar-refractivity contribution >= 4 is 5.91 Å². The van der Waals surface area contributed by atoms with Crippen LogP contribution < -0.4 is 10.6 Å². The predicted molar refractivity (Wildman–Crippen MR) is 79.5 cm³/mol. The summed E-state index contributed by atoms with van der Waals surface area (Å²) in [5, 5.41) is 6.40. The minimum Gasteiger partial charge on any atom is -0.379 e. The summed E-state index contributed by atoms with van der Waals surface area (Å²) < 4.78 is 5.42. The Morgan fingerprint density at radius 2 is 2.05 bits per heavy atom. The first-order valence-corrected chi connectivity index (χ1v) is 7.30. The average molecular weight is 276 g/mol. The number of hydrogen-bond acceptors (Lipinski definition) is 3. The number of rotatable bonds is 5. The van der Waals surface area contributed by atoms with Gasteiger partial charge in [0.25, 0.3) is 0 Å². The maximum absolute atomic E-state index is 12.4. The monoisotopic (exact) mass is 276 g/mol. The fraction of sp³-hybridized carbons (Fsp3) is 0.562. The van der Waals surface area contributed by atoms with Crippen LogP contribution >= 0.6 is 0 Å². The van der Waals surface area contributed by atoms with Crippen molar-refractivity contribution in [2.75, 3.05) is 19.8 Å². The summed E-state index contributed by atoms with van der Waals surface area (Å²) in [6.45, 7) is 8.09. The van der Waals surface area contributed by atoms with E-state index in [9.17, 15) is 4.79 Å². The number of amides is 1. The molecule has 2 rings (SSSR count). The molecule has 3 atom stereocenters. The molecule has 4 nitrogen and oxygen atoms in total. The van der Waals surface area contributed by atoms with E-state index in [1.54, 1.807) is 0 Å². The SMILES string of the molecule is CCNC1COCC1C(=O)N[C@H](C)c1ccc(C)cc1. The molecule has 0 saturated carbocycles. The van der Waals surface area contributed by atoms with Gasteiger partial charge in [-0.05, 0) is 26.0 Å². The second-order valence-corrected chi connectivity index (χ2v) is 5.45. The zero-order chi connectivity index (χ0) is 14.5. The maximum Gasteiger partial charge on any atom is 0.227 e. The lowest BCUT2D eigenvalue weighted by atomic mass is 10.0. The normalized spacial score (nSPS) is 23.6. The number of likely N-dealkylation sites (N-methyl/N-ethyl adjacent to an activating group) is 1. The van der Waals surface area contributed by atoms with Gasteiger partial charge in [-0.2, -0.15) is 0 Å². The fourth-order valence-corrected chi connectivity index (χ4v) is 2.53. The Bertz CT molecular complexity index is 444. The third-order valence-corrected chi connectivity index (χ3v) is 3.82. The van der Waals surface area contributed by atoms with Crippen molar-refractivity contribution in [1.29, 1.82) is 0 Å². The highest BCUT2D eigenvalue weighted by Gasteiger charge is 2.33. The van der Waals surface area contributed by atoms with Crippen LogP contribution in [0.3, 0.4) is 0 Å². The largest absolute Gasteiger partial charge is 0.379 e. The van der Waals surface area contributed by atoms with Gasteiger partial charge in [0.1, 0.15) is 0 Å². The van der Waals surface area contributed by atoms with Gasteiger partial charge < -0.3 is 15.4 Å². The summed E-state index contributed by atoms with van der Waals surface area (Å²) in [5.74, 6) is -0.0237. The zero-order valence-corrected chi connectivity index (χ0v) is 12.5. The minimum atomic E-state index is -0.0946. The molecule has 1 aliphatic heterocycles. The van der Waals surface area contributed by atoms with Crippen molar-refractivity contribution in [3.8, 4) is 0 Å². The van der Waals surface area contributed by atoms with Gasteiger partial charge in [0.05, 0.1) is 25.2 Å². The number of benzene rings is 1. The Balaban J connectivity index is 1.95. The summed E-state index contributed by atoms with van der Waals surface area (Å²) >= 11 is 0. The number of carbonyl (C=O) groups excluding carboxylic acids is 1. The van der Waals surface area contributed by atoms with E-state index in [-0.39, 0.29) is 23.9 Å². The summed E-state index contributed by atoms with van der Waals surface area (Å²) in [7, 11) is 0. The van der Waals surface area contributed by atoms with Crippen molar-refractivity contribution in [3.05, 3.63) is 35.4 Å². The molecule has 1 aromatic carbocycles. The van der Waals surface area contributed by atoms with E-state index in [1.807, 2.05) is 13.8 Å². The third kappa shape index (κ3) is 3.58. The molecule has 0 radical (unpaired) electrons. The zero-order valence-electron chi connectivity index (χ0n) is 12.5. The first-order chi connectivity index (χ1) is 9.61. The van der Waals surface area contributed by atoms with Crippen LogP contribution in [0, 0.1) is 12.8 Å². The second kappa shape index (κ2) is 6.86. The minimum absolute atomic E-state index is 0.0194. The Morgan fingerprint density at radius 3 is 2.70 bits per heavy atom. The van der Waals surface area contributed by atoms with Gasteiger partial charge in [-0.1, -0.05) is 36.8 Å². The molecule has 1 saturated heterocycles. The van der Waals surface area contributed by atoms with Crippen molar-refractivity contribution in [1.82, 2.24) is 10.6 Å². The van der Waals surface area contributed by atoms with E-state index in [1.165, 1.54) is 5.56 Å². The third-order valence-electron chi connectivity index (χ3n) is 3.82. The van der Waals surface area contributed by atoms with Crippen LogP contribution in [0.5, 0.6) is 0 Å². The highest BCUT2D eigenvalue weighted by molar-refractivity contribution is 5.80. The summed E-state index contributed by atoms with van der Waals surface area (Å²) in [6.07, 6.45) is 0. The van der Waals surface area contributed by atoms with Gasteiger partial charge in [0, 0.05) is 6.04 Å². The van der Waals surface area contributed by atoms with Crippen molar-refractivity contribution in [2.45, 2.75) is 32.9 Å². The maximum atomic E-state index is 12.4. The molecule has 1 fully saturated rings. The number of ether oxygens (including phenoxy) is 1. The van der Waals surface area contributed by atoms with Gasteiger partial charge >= 0.3 is 0 Å². The molecule has 1 aliphatic rings. The molecule has 2 unspecified atom stereocenters. The highest BCUT2D eigenvalue weighted by Crippen LogP contribution is 2.18. The molecular formula is C16H24N2O2. The van der Waals surface area contributed by atoms with Crippen molar-refractivity contribution in [3.63, 3.8) is 0 Å². The number of hydrogen-bond donors (Lipinski definition) is 2. The Morgan fingerprint density at radius 1 is 1.35 bits per heavy atom. The van der Waals surface area contributed by atoms with E-state index in [0.29, 0.717) is 13.2 Å². The lowest BCUT2D eigenvalue weighted by Crippen LogP contribution is -2.44. The summed E-state index contributed by atoms with van der Waals surface area (Å²) in [6, 6.07) is 8.41. The van der Waals surface area contributed by atoms with Crippen molar-refractivity contribution in [2.24, 2.45) is 5.92 Å². The van der Waals surface area contributed by atoms with E-state index in [2.05, 4.69) is 41.8 Å². The lowest BCUT2D eigenvalue weighted by Gasteiger charge is -2.21. The smallest absolute Gasteiger partial charge is 0.227 e. The molecule has 2 N–H and O–H groups in total. The van der Waals surface area contributed by atoms with E-state index >= 15 is 0 Å². The fourth-order valence-electron chi connectivity index (χ4n) is 2.53. The second-order valence-electron chi connectivity index (χ2n) is 5.45.